The van der Waals surface area contributed by atoms with E-state index < -0.39 is 10.8 Å². The van der Waals surface area contributed by atoms with Gasteiger partial charge in [-0.1, -0.05) is 25.3 Å². The lowest BCUT2D eigenvalue weighted by Gasteiger charge is -2.20. The number of carbonyl (C=O) groups excluding carboxylic acids is 1. The van der Waals surface area contributed by atoms with Crippen LogP contribution < -0.4 is 11.1 Å². The number of rotatable bonds is 4. The first-order valence-corrected chi connectivity index (χ1v) is 8.47. The van der Waals surface area contributed by atoms with Gasteiger partial charge < -0.3 is 11.1 Å². The van der Waals surface area contributed by atoms with Crippen LogP contribution in [0.25, 0.3) is 0 Å². The summed E-state index contributed by atoms with van der Waals surface area (Å²) in [5.41, 5.74) is 8.10. The highest BCUT2D eigenvalue weighted by molar-refractivity contribution is 7.86. The van der Waals surface area contributed by atoms with Crippen LogP contribution in [0.15, 0.2) is 18.2 Å². The largest absolute Gasteiger partial charge is 0.398 e. The van der Waals surface area contributed by atoms with Gasteiger partial charge in [0.2, 0.25) is 5.91 Å². The summed E-state index contributed by atoms with van der Waals surface area (Å²) < 4.78 is 12.1. The molecule has 0 aliphatic heterocycles. The summed E-state index contributed by atoms with van der Waals surface area (Å²) in [6, 6.07) is 5.41. The van der Waals surface area contributed by atoms with Crippen molar-refractivity contribution in [2.75, 3.05) is 16.8 Å². The lowest BCUT2D eigenvalue weighted by atomic mass is 10.0. The first-order valence-electron chi connectivity index (χ1n) is 7.09. The smallest absolute Gasteiger partial charge is 0.237 e. The van der Waals surface area contributed by atoms with E-state index >= 15 is 0 Å². The van der Waals surface area contributed by atoms with Crippen LogP contribution >= 0.6 is 0 Å². The minimum atomic E-state index is -1.06. The average molecular weight is 294 g/mol. The van der Waals surface area contributed by atoms with Crippen LogP contribution in [-0.4, -0.2) is 21.1 Å². The van der Waals surface area contributed by atoms with Gasteiger partial charge in [-0.3, -0.25) is 9.00 Å². The molecule has 1 aromatic carbocycles. The van der Waals surface area contributed by atoms with E-state index in [1.54, 1.807) is 6.07 Å². The molecule has 110 valence electrons. The highest BCUT2D eigenvalue weighted by atomic mass is 32.2. The molecule has 0 saturated heterocycles. The Hall–Kier alpha value is -1.36. The Kier molecular flexibility index (Phi) is 5.17. The topological polar surface area (TPSA) is 72.2 Å². The van der Waals surface area contributed by atoms with E-state index in [2.05, 4.69) is 5.32 Å². The predicted molar refractivity (Wildman–Crippen MR) is 84.1 cm³/mol. The van der Waals surface area contributed by atoms with Gasteiger partial charge in [-0.25, -0.2) is 0 Å². The van der Waals surface area contributed by atoms with Gasteiger partial charge in [0.05, 0.1) is 0 Å². The average Bonchev–Trinajstić information content (AvgIpc) is 2.44. The summed E-state index contributed by atoms with van der Waals surface area (Å²) in [4.78, 5) is 11.9. The van der Waals surface area contributed by atoms with Gasteiger partial charge in [0.15, 0.2) is 0 Å². The fourth-order valence-corrected chi connectivity index (χ4v) is 3.92. The summed E-state index contributed by atoms with van der Waals surface area (Å²) >= 11 is 0. The molecule has 1 saturated carbocycles. The van der Waals surface area contributed by atoms with Crippen molar-refractivity contribution in [2.24, 2.45) is 0 Å². The molecular formula is C15H22N2O2S. The Morgan fingerprint density at radius 2 is 2.05 bits per heavy atom. The molecule has 0 heterocycles. The number of anilines is 2. The van der Waals surface area contributed by atoms with E-state index in [1.807, 2.05) is 19.1 Å². The molecule has 2 rings (SSSR count). The van der Waals surface area contributed by atoms with Gasteiger partial charge in [-0.2, -0.15) is 0 Å². The van der Waals surface area contributed by atoms with Gasteiger partial charge in [0, 0.05) is 27.4 Å². The number of hydrogen-bond acceptors (Lipinski definition) is 3. The maximum absolute atomic E-state index is 12.1. The van der Waals surface area contributed by atoms with Crippen LogP contribution in [0.5, 0.6) is 0 Å². The van der Waals surface area contributed by atoms with Gasteiger partial charge >= 0.3 is 0 Å². The minimum absolute atomic E-state index is 0.0818. The molecule has 0 bridgehead atoms. The maximum Gasteiger partial charge on any atom is 0.237 e. The Morgan fingerprint density at radius 3 is 2.70 bits per heavy atom. The zero-order chi connectivity index (χ0) is 14.5. The standard InChI is InChI=1S/C15H22N2O2S/c1-11-7-8-12(9-14(11)16)17-15(18)10-20(19)13-5-3-2-4-6-13/h7-9,13H,2-6,10,16H2,1H3,(H,17,18). The molecule has 1 fully saturated rings. The van der Waals surface area contributed by atoms with Crippen LogP contribution in [0.3, 0.4) is 0 Å². The Morgan fingerprint density at radius 1 is 1.35 bits per heavy atom. The van der Waals surface area contributed by atoms with Gasteiger partial charge in [0.1, 0.15) is 5.75 Å². The van der Waals surface area contributed by atoms with E-state index in [9.17, 15) is 9.00 Å². The molecule has 1 aliphatic carbocycles. The monoisotopic (exact) mass is 294 g/mol. The van der Waals surface area contributed by atoms with E-state index in [1.165, 1.54) is 6.42 Å². The van der Waals surface area contributed by atoms with Crippen molar-refractivity contribution >= 4 is 28.1 Å². The number of hydrogen-bond donors (Lipinski definition) is 2. The molecule has 3 N–H and O–H groups in total. The Balaban J connectivity index is 1.88. The third-order valence-corrected chi connectivity index (χ3v) is 5.52. The molecule has 5 heteroatoms. The third-order valence-electron chi connectivity index (χ3n) is 3.76. The predicted octanol–water partition coefficient (Wildman–Crippen LogP) is 2.60. The third kappa shape index (κ3) is 4.07. The Bertz CT molecular complexity index is 511. The lowest BCUT2D eigenvalue weighted by Crippen LogP contribution is -2.27. The SMILES string of the molecule is Cc1ccc(NC(=O)CS(=O)C2CCCCC2)cc1N. The molecule has 0 aromatic heterocycles. The number of amides is 1. The first-order chi connectivity index (χ1) is 9.56. The zero-order valence-electron chi connectivity index (χ0n) is 11.9. The molecule has 1 amide bonds. The van der Waals surface area contributed by atoms with Crippen LogP contribution in [0.1, 0.15) is 37.7 Å². The van der Waals surface area contributed by atoms with E-state index in [4.69, 9.17) is 5.73 Å². The van der Waals surface area contributed by atoms with E-state index in [-0.39, 0.29) is 16.9 Å². The molecule has 1 aliphatic rings. The van der Waals surface area contributed by atoms with Gasteiger partial charge in [-0.05, 0) is 37.5 Å². The van der Waals surface area contributed by atoms with E-state index in [0.29, 0.717) is 11.4 Å². The number of nitrogens with one attached hydrogen (secondary N) is 1. The minimum Gasteiger partial charge on any atom is -0.398 e. The lowest BCUT2D eigenvalue weighted by molar-refractivity contribution is -0.113. The normalized spacial score (nSPS) is 17.6. The highest BCUT2D eigenvalue weighted by Gasteiger charge is 2.21. The first kappa shape index (κ1) is 15.0. The molecule has 0 spiro atoms. The summed E-state index contributed by atoms with van der Waals surface area (Å²) in [6.07, 6.45) is 5.45. The van der Waals surface area contributed by atoms with Crippen molar-refractivity contribution in [1.82, 2.24) is 0 Å². The fourth-order valence-electron chi connectivity index (χ4n) is 2.49. The number of nitrogens with two attached hydrogens (primary N) is 1. The molecular weight excluding hydrogens is 272 g/mol. The summed E-state index contributed by atoms with van der Waals surface area (Å²) in [6.45, 7) is 1.92. The summed E-state index contributed by atoms with van der Waals surface area (Å²) in [7, 11) is -1.06. The maximum atomic E-state index is 12.1. The molecule has 4 nitrogen and oxygen atoms in total. The van der Waals surface area contributed by atoms with Crippen LogP contribution in [0, 0.1) is 6.92 Å². The summed E-state index contributed by atoms with van der Waals surface area (Å²) in [5, 5.41) is 2.96. The van der Waals surface area contributed by atoms with Gasteiger partial charge in [-0.15, -0.1) is 0 Å². The van der Waals surface area contributed by atoms with Gasteiger partial charge in [0.25, 0.3) is 0 Å². The molecule has 0 radical (unpaired) electrons. The number of aryl methyl sites for hydroxylation is 1. The molecule has 1 aromatic rings. The van der Waals surface area contributed by atoms with Crippen molar-refractivity contribution in [2.45, 2.75) is 44.3 Å². The quantitative estimate of drug-likeness (QED) is 0.838. The zero-order valence-corrected chi connectivity index (χ0v) is 12.7. The number of nitrogen functional groups attached to an aromatic ring is 1. The van der Waals surface area contributed by atoms with Crippen molar-refractivity contribution in [3.05, 3.63) is 23.8 Å². The fraction of sp³-hybridized carbons (Fsp3) is 0.533. The van der Waals surface area contributed by atoms with Crippen molar-refractivity contribution < 1.29 is 9.00 Å². The van der Waals surface area contributed by atoms with Crippen LogP contribution in [0.2, 0.25) is 0 Å². The Labute approximate surface area is 122 Å². The second-order valence-corrected chi connectivity index (χ2v) is 7.12. The van der Waals surface area contributed by atoms with Crippen LogP contribution in [-0.2, 0) is 15.6 Å². The number of carbonyl (C=O) groups is 1. The molecule has 20 heavy (non-hydrogen) atoms. The molecule has 1 unspecified atom stereocenters. The number of benzene rings is 1. The summed E-state index contributed by atoms with van der Waals surface area (Å²) in [5.74, 6) is -0.115. The van der Waals surface area contributed by atoms with Crippen LogP contribution in [0.4, 0.5) is 11.4 Å². The van der Waals surface area contributed by atoms with Crippen molar-refractivity contribution in [1.29, 1.82) is 0 Å². The van der Waals surface area contributed by atoms with Crippen molar-refractivity contribution in [3.8, 4) is 0 Å². The second kappa shape index (κ2) is 6.88. The molecule has 1 atom stereocenters. The van der Waals surface area contributed by atoms with E-state index in [0.717, 1.165) is 31.2 Å². The second-order valence-electron chi connectivity index (χ2n) is 5.40. The van der Waals surface area contributed by atoms with Crippen molar-refractivity contribution in [3.63, 3.8) is 0 Å². The highest BCUT2D eigenvalue weighted by Crippen LogP contribution is 2.22.